The van der Waals surface area contributed by atoms with Crippen LogP contribution in [0.3, 0.4) is 0 Å². The van der Waals surface area contributed by atoms with E-state index in [0.717, 1.165) is 5.56 Å². The smallest absolute Gasteiger partial charge is 0.262 e. The first-order valence-electron chi connectivity index (χ1n) is 7.84. The van der Waals surface area contributed by atoms with E-state index in [1.807, 2.05) is 45.0 Å². The first-order valence-corrected chi connectivity index (χ1v) is 7.84. The molecule has 0 fully saturated rings. The molecule has 0 unspecified atom stereocenters. The van der Waals surface area contributed by atoms with Crippen LogP contribution in [0.15, 0.2) is 48.5 Å². The van der Waals surface area contributed by atoms with Gasteiger partial charge < -0.3 is 15.4 Å². The van der Waals surface area contributed by atoms with E-state index in [0.29, 0.717) is 17.0 Å². The van der Waals surface area contributed by atoms with Crippen LogP contribution in [-0.2, 0) is 4.79 Å². The number of aryl methyl sites for hydroxylation is 1. The molecular formula is C19H22N2O3. The molecule has 0 saturated carbocycles. The molecule has 0 heterocycles. The summed E-state index contributed by atoms with van der Waals surface area (Å²) in [5, 5.41) is 5.55. The Balaban J connectivity index is 1.86. The Morgan fingerprint density at radius 2 is 1.79 bits per heavy atom. The largest absolute Gasteiger partial charge is 0.484 e. The summed E-state index contributed by atoms with van der Waals surface area (Å²) in [6.45, 7) is 5.70. The van der Waals surface area contributed by atoms with E-state index < -0.39 is 0 Å². The van der Waals surface area contributed by atoms with E-state index in [2.05, 4.69) is 10.6 Å². The lowest BCUT2D eigenvalue weighted by Gasteiger charge is -2.10. The minimum atomic E-state index is -0.254. The van der Waals surface area contributed by atoms with Crippen molar-refractivity contribution in [1.29, 1.82) is 0 Å². The zero-order valence-corrected chi connectivity index (χ0v) is 14.1. The third kappa shape index (κ3) is 5.43. The summed E-state index contributed by atoms with van der Waals surface area (Å²) in [4.78, 5) is 23.8. The average molecular weight is 326 g/mol. The normalized spacial score (nSPS) is 10.3. The second kappa shape index (κ2) is 8.15. The lowest BCUT2D eigenvalue weighted by molar-refractivity contribution is -0.118. The van der Waals surface area contributed by atoms with Crippen LogP contribution < -0.4 is 15.4 Å². The highest BCUT2D eigenvalue weighted by Gasteiger charge is 2.08. The summed E-state index contributed by atoms with van der Waals surface area (Å²) >= 11 is 0. The van der Waals surface area contributed by atoms with E-state index in [9.17, 15) is 9.59 Å². The monoisotopic (exact) mass is 326 g/mol. The maximum Gasteiger partial charge on any atom is 0.262 e. The van der Waals surface area contributed by atoms with Gasteiger partial charge in [0.25, 0.3) is 11.8 Å². The van der Waals surface area contributed by atoms with Gasteiger partial charge in [0.2, 0.25) is 0 Å². The molecule has 2 rings (SSSR count). The van der Waals surface area contributed by atoms with Crippen molar-refractivity contribution in [3.63, 3.8) is 0 Å². The highest BCUT2D eigenvalue weighted by atomic mass is 16.5. The lowest BCUT2D eigenvalue weighted by atomic mass is 10.2. The molecule has 2 aromatic rings. The maximum atomic E-state index is 11.9. The minimum Gasteiger partial charge on any atom is -0.484 e. The third-order valence-electron chi connectivity index (χ3n) is 3.21. The van der Waals surface area contributed by atoms with Crippen LogP contribution in [0.5, 0.6) is 5.75 Å². The average Bonchev–Trinajstić information content (AvgIpc) is 2.53. The summed E-state index contributed by atoms with van der Waals surface area (Å²) in [7, 11) is 0. The molecule has 0 aromatic heterocycles. The fourth-order valence-electron chi connectivity index (χ4n) is 2.10. The van der Waals surface area contributed by atoms with Gasteiger partial charge in [0.1, 0.15) is 5.75 Å². The third-order valence-corrected chi connectivity index (χ3v) is 3.21. The molecule has 0 atom stereocenters. The van der Waals surface area contributed by atoms with Crippen molar-refractivity contribution >= 4 is 17.5 Å². The Bertz CT molecular complexity index is 709. The maximum absolute atomic E-state index is 11.9. The predicted molar refractivity (Wildman–Crippen MR) is 94.3 cm³/mol. The zero-order valence-electron chi connectivity index (χ0n) is 14.1. The van der Waals surface area contributed by atoms with Crippen LogP contribution in [-0.4, -0.2) is 24.5 Å². The fourth-order valence-corrected chi connectivity index (χ4v) is 2.10. The zero-order chi connectivity index (χ0) is 17.5. The number of hydrogen-bond donors (Lipinski definition) is 2. The Labute approximate surface area is 142 Å². The standard InChI is InChI=1S/C19H22N2O3/c1-13(2)20-19(23)15-7-9-16(10-8-15)21-18(22)12-24-17-6-4-5-14(3)11-17/h4-11,13H,12H2,1-3H3,(H,20,23)(H,21,22). The molecule has 24 heavy (non-hydrogen) atoms. The van der Waals surface area contributed by atoms with E-state index in [1.165, 1.54) is 0 Å². The molecule has 2 amide bonds. The Morgan fingerprint density at radius 3 is 2.42 bits per heavy atom. The Kier molecular flexibility index (Phi) is 5.95. The van der Waals surface area contributed by atoms with E-state index >= 15 is 0 Å². The van der Waals surface area contributed by atoms with Crippen molar-refractivity contribution in [3.8, 4) is 5.75 Å². The highest BCUT2D eigenvalue weighted by molar-refractivity contribution is 5.96. The van der Waals surface area contributed by atoms with Gasteiger partial charge in [0, 0.05) is 17.3 Å². The van der Waals surface area contributed by atoms with Crippen LogP contribution >= 0.6 is 0 Å². The second-order valence-corrected chi connectivity index (χ2v) is 5.86. The quantitative estimate of drug-likeness (QED) is 0.857. The van der Waals surface area contributed by atoms with Gasteiger partial charge in [-0.05, 0) is 62.7 Å². The number of amides is 2. The van der Waals surface area contributed by atoms with Crippen molar-refractivity contribution in [1.82, 2.24) is 5.32 Å². The number of carbonyl (C=O) groups is 2. The van der Waals surface area contributed by atoms with Gasteiger partial charge in [-0.2, -0.15) is 0 Å². The molecule has 5 nitrogen and oxygen atoms in total. The predicted octanol–water partition coefficient (Wildman–Crippen LogP) is 3.15. The van der Waals surface area contributed by atoms with Gasteiger partial charge in [-0.1, -0.05) is 12.1 Å². The van der Waals surface area contributed by atoms with Gasteiger partial charge in [-0.15, -0.1) is 0 Å². The van der Waals surface area contributed by atoms with E-state index in [1.54, 1.807) is 24.3 Å². The van der Waals surface area contributed by atoms with Crippen LogP contribution in [0.1, 0.15) is 29.8 Å². The Morgan fingerprint density at radius 1 is 1.08 bits per heavy atom. The fraction of sp³-hybridized carbons (Fsp3) is 0.263. The van der Waals surface area contributed by atoms with Crippen LogP contribution in [0.25, 0.3) is 0 Å². The molecule has 2 aromatic carbocycles. The second-order valence-electron chi connectivity index (χ2n) is 5.86. The number of carbonyl (C=O) groups excluding carboxylic acids is 2. The van der Waals surface area contributed by atoms with Crippen molar-refractivity contribution in [2.75, 3.05) is 11.9 Å². The summed E-state index contributed by atoms with van der Waals surface area (Å²) in [6, 6.07) is 14.3. The number of benzene rings is 2. The summed E-state index contributed by atoms with van der Waals surface area (Å²) in [6.07, 6.45) is 0. The molecule has 0 bridgehead atoms. The van der Waals surface area contributed by atoms with Gasteiger partial charge in [-0.25, -0.2) is 0 Å². The van der Waals surface area contributed by atoms with Crippen molar-refractivity contribution in [3.05, 3.63) is 59.7 Å². The molecule has 0 aliphatic rings. The summed E-state index contributed by atoms with van der Waals surface area (Å²) in [5.41, 5.74) is 2.25. The highest BCUT2D eigenvalue weighted by Crippen LogP contribution is 2.13. The molecule has 5 heteroatoms. The van der Waals surface area contributed by atoms with Crippen LogP contribution in [0, 0.1) is 6.92 Å². The molecular weight excluding hydrogens is 304 g/mol. The van der Waals surface area contributed by atoms with E-state index in [4.69, 9.17) is 4.74 Å². The van der Waals surface area contributed by atoms with Gasteiger partial charge >= 0.3 is 0 Å². The SMILES string of the molecule is Cc1cccc(OCC(=O)Nc2ccc(C(=O)NC(C)C)cc2)c1. The van der Waals surface area contributed by atoms with Gasteiger partial charge in [0.05, 0.1) is 0 Å². The number of hydrogen-bond acceptors (Lipinski definition) is 3. The van der Waals surface area contributed by atoms with Crippen LogP contribution in [0.2, 0.25) is 0 Å². The van der Waals surface area contributed by atoms with Crippen molar-refractivity contribution in [2.45, 2.75) is 26.8 Å². The molecule has 0 aliphatic carbocycles. The molecule has 0 radical (unpaired) electrons. The number of rotatable bonds is 6. The first kappa shape index (κ1) is 17.5. The topological polar surface area (TPSA) is 67.4 Å². The van der Waals surface area contributed by atoms with Crippen LogP contribution in [0.4, 0.5) is 5.69 Å². The molecule has 126 valence electrons. The minimum absolute atomic E-state index is 0.0704. The van der Waals surface area contributed by atoms with Gasteiger partial charge in [-0.3, -0.25) is 9.59 Å². The first-order chi connectivity index (χ1) is 11.4. The van der Waals surface area contributed by atoms with Crippen molar-refractivity contribution in [2.24, 2.45) is 0 Å². The molecule has 0 saturated heterocycles. The molecule has 2 N–H and O–H groups in total. The van der Waals surface area contributed by atoms with Gasteiger partial charge in [0.15, 0.2) is 6.61 Å². The lowest BCUT2D eigenvalue weighted by Crippen LogP contribution is -2.30. The number of anilines is 1. The van der Waals surface area contributed by atoms with Crippen molar-refractivity contribution < 1.29 is 14.3 Å². The number of ether oxygens (including phenoxy) is 1. The molecule has 0 spiro atoms. The molecule has 0 aliphatic heterocycles. The summed E-state index contributed by atoms with van der Waals surface area (Å²) < 4.78 is 5.45. The summed E-state index contributed by atoms with van der Waals surface area (Å²) in [5.74, 6) is 0.271. The number of nitrogens with one attached hydrogen (secondary N) is 2. The Hall–Kier alpha value is -2.82. The van der Waals surface area contributed by atoms with E-state index in [-0.39, 0.29) is 24.5 Å².